The molecule has 1 aromatic carbocycles. The normalized spacial score (nSPS) is 27.8. The molecule has 3 rings (SSSR count). The van der Waals surface area contributed by atoms with Crippen molar-refractivity contribution in [3.63, 3.8) is 0 Å². The maximum absolute atomic E-state index is 10.8. The van der Waals surface area contributed by atoms with E-state index in [9.17, 15) is 5.11 Å². The number of benzene rings is 1. The number of rotatable bonds is 6. The minimum absolute atomic E-state index is 0.310. The van der Waals surface area contributed by atoms with Gasteiger partial charge in [0.2, 0.25) is 0 Å². The van der Waals surface area contributed by atoms with Crippen LogP contribution in [0.1, 0.15) is 25.7 Å². The lowest BCUT2D eigenvalue weighted by atomic mass is 9.89. The Morgan fingerprint density at radius 1 is 1.17 bits per heavy atom. The molecule has 24 heavy (non-hydrogen) atoms. The van der Waals surface area contributed by atoms with Crippen molar-refractivity contribution >= 4 is 0 Å². The van der Waals surface area contributed by atoms with Crippen LogP contribution >= 0.6 is 0 Å². The number of nitrogens with zero attached hydrogens (tertiary/aromatic N) is 1. The fourth-order valence-corrected chi connectivity index (χ4v) is 3.73. The molecular formula is C19H29NO4. The van der Waals surface area contributed by atoms with Gasteiger partial charge < -0.3 is 19.3 Å². The highest BCUT2D eigenvalue weighted by Crippen LogP contribution is 2.29. The molecule has 1 aromatic rings. The summed E-state index contributed by atoms with van der Waals surface area (Å²) in [5.41, 5.74) is -0.940. The van der Waals surface area contributed by atoms with Crippen molar-refractivity contribution in [3.8, 4) is 5.75 Å². The van der Waals surface area contributed by atoms with Gasteiger partial charge in [-0.3, -0.25) is 4.90 Å². The number of methoxy groups -OCH3 is 1. The second-order valence-electron chi connectivity index (χ2n) is 7.14. The number of likely N-dealkylation sites (tertiary alicyclic amines) is 1. The zero-order valence-corrected chi connectivity index (χ0v) is 14.6. The van der Waals surface area contributed by atoms with E-state index in [2.05, 4.69) is 4.90 Å². The number of ether oxygens (including phenoxy) is 3. The predicted octanol–water partition coefficient (Wildman–Crippen LogP) is 2.09. The quantitative estimate of drug-likeness (QED) is 0.863. The van der Waals surface area contributed by atoms with Crippen molar-refractivity contribution < 1.29 is 19.3 Å². The molecule has 2 fully saturated rings. The summed E-state index contributed by atoms with van der Waals surface area (Å²) in [6.07, 6.45) is 3.46. The summed E-state index contributed by atoms with van der Waals surface area (Å²) in [5, 5.41) is 10.8. The van der Waals surface area contributed by atoms with Crippen LogP contribution in [0.5, 0.6) is 5.75 Å². The molecule has 0 amide bonds. The molecule has 1 unspecified atom stereocenters. The van der Waals surface area contributed by atoms with Crippen LogP contribution in [0.4, 0.5) is 0 Å². The van der Waals surface area contributed by atoms with E-state index >= 15 is 0 Å². The highest BCUT2D eigenvalue weighted by molar-refractivity contribution is 5.21. The minimum Gasteiger partial charge on any atom is -0.491 e. The van der Waals surface area contributed by atoms with Crippen LogP contribution in [0, 0.1) is 0 Å². The second kappa shape index (κ2) is 7.83. The molecule has 2 aliphatic rings. The van der Waals surface area contributed by atoms with Gasteiger partial charge in [0.15, 0.2) is 0 Å². The van der Waals surface area contributed by atoms with E-state index in [4.69, 9.17) is 14.2 Å². The lowest BCUT2D eigenvalue weighted by molar-refractivity contribution is -0.120. The molecule has 0 spiro atoms. The number of β-amino-alcohol motifs (C(OH)–C–C–N with tert-alkyl or cyclic N) is 1. The van der Waals surface area contributed by atoms with E-state index in [0.717, 1.165) is 31.7 Å². The zero-order chi connectivity index (χ0) is 16.9. The number of piperidine rings is 1. The van der Waals surface area contributed by atoms with Crippen LogP contribution in [0.3, 0.4) is 0 Å². The highest BCUT2D eigenvalue weighted by Gasteiger charge is 2.40. The molecule has 5 heteroatoms. The standard InChI is InChI=1S/C19H29NO4/c1-22-19(16-24-17-6-3-2-4-7-17)8-5-11-20(15-19)14-18(21)9-12-23-13-10-18/h2-4,6-7,21H,5,8-16H2,1H3. The average molecular weight is 335 g/mol. The highest BCUT2D eigenvalue weighted by atomic mass is 16.5. The average Bonchev–Trinajstić information content (AvgIpc) is 2.61. The SMILES string of the molecule is COC1(COc2ccccc2)CCCN(CC2(O)CCOCC2)C1. The van der Waals surface area contributed by atoms with Gasteiger partial charge in [-0.15, -0.1) is 0 Å². The van der Waals surface area contributed by atoms with Gasteiger partial charge in [0, 0.05) is 46.3 Å². The van der Waals surface area contributed by atoms with Gasteiger partial charge in [-0.1, -0.05) is 18.2 Å². The van der Waals surface area contributed by atoms with Crippen molar-refractivity contribution in [3.05, 3.63) is 30.3 Å². The van der Waals surface area contributed by atoms with E-state index in [1.807, 2.05) is 30.3 Å². The molecule has 0 aromatic heterocycles. The summed E-state index contributed by atoms with van der Waals surface area (Å²) in [7, 11) is 1.76. The van der Waals surface area contributed by atoms with Gasteiger partial charge in [-0.25, -0.2) is 0 Å². The van der Waals surface area contributed by atoms with Crippen molar-refractivity contribution in [1.82, 2.24) is 4.90 Å². The van der Waals surface area contributed by atoms with E-state index < -0.39 is 5.60 Å². The van der Waals surface area contributed by atoms with Gasteiger partial charge in [-0.05, 0) is 31.5 Å². The first-order valence-corrected chi connectivity index (χ1v) is 8.89. The van der Waals surface area contributed by atoms with Gasteiger partial charge in [-0.2, -0.15) is 0 Å². The van der Waals surface area contributed by atoms with E-state index in [0.29, 0.717) is 39.2 Å². The predicted molar refractivity (Wildman–Crippen MR) is 92.4 cm³/mol. The monoisotopic (exact) mass is 335 g/mol. The Balaban J connectivity index is 1.59. The maximum atomic E-state index is 10.8. The van der Waals surface area contributed by atoms with Gasteiger partial charge in [0.25, 0.3) is 0 Å². The molecule has 0 aliphatic carbocycles. The third kappa shape index (κ3) is 4.48. The van der Waals surface area contributed by atoms with Crippen LogP contribution in [0.25, 0.3) is 0 Å². The summed E-state index contributed by atoms with van der Waals surface area (Å²) in [6, 6.07) is 9.87. The number of hydrogen-bond acceptors (Lipinski definition) is 5. The summed E-state index contributed by atoms with van der Waals surface area (Å²) in [5.74, 6) is 0.870. The molecule has 0 saturated carbocycles. The minimum atomic E-state index is -0.630. The summed E-state index contributed by atoms with van der Waals surface area (Å²) >= 11 is 0. The van der Waals surface area contributed by atoms with Crippen LogP contribution < -0.4 is 4.74 Å². The molecule has 1 N–H and O–H groups in total. The van der Waals surface area contributed by atoms with E-state index in [-0.39, 0.29) is 5.60 Å². The lowest BCUT2D eigenvalue weighted by Gasteiger charge is -2.45. The molecule has 1 atom stereocenters. The molecule has 2 saturated heterocycles. The summed E-state index contributed by atoms with van der Waals surface area (Å²) in [6.45, 7) is 4.31. The number of para-hydroxylation sites is 1. The Morgan fingerprint density at radius 3 is 2.62 bits per heavy atom. The number of hydrogen-bond donors (Lipinski definition) is 1. The first-order valence-electron chi connectivity index (χ1n) is 8.89. The van der Waals surface area contributed by atoms with Gasteiger partial charge >= 0.3 is 0 Å². The fourth-order valence-electron chi connectivity index (χ4n) is 3.73. The van der Waals surface area contributed by atoms with Crippen molar-refractivity contribution in [1.29, 1.82) is 0 Å². The maximum Gasteiger partial charge on any atom is 0.119 e. The molecular weight excluding hydrogens is 306 g/mol. The smallest absolute Gasteiger partial charge is 0.119 e. The largest absolute Gasteiger partial charge is 0.491 e. The molecule has 0 radical (unpaired) electrons. The van der Waals surface area contributed by atoms with E-state index in [1.54, 1.807) is 7.11 Å². The van der Waals surface area contributed by atoms with Crippen molar-refractivity contribution in [2.45, 2.75) is 36.9 Å². The number of aliphatic hydroxyl groups is 1. The Morgan fingerprint density at radius 2 is 1.92 bits per heavy atom. The Kier molecular flexibility index (Phi) is 5.76. The lowest BCUT2D eigenvalue weighted by Crippen LogP contribution is -2.57. The third-order valence-corrected chi connectivity index (χ3v) is 5.24. The Hall–Kier alpha value is -1.14. The first-order chi connectivity index (χ1) is 11.6. The summed E-state index contributed by atoms with van der Waals surface area (Å²) in [4.78, 5) is 2.33. The molecule has 134 valence electrons. The molecule has 2 aliphatic heterocycles. The van der Waals surface area contributed by atoms with Gasteiger partial charge in [0.1, 0.15) is 18.0 Å². The Labute approximate surface area is 144 Å². The third-order valence-electron chi connectivity index (χ3n) is 5.24. The molecule has 5 nitrogen and oxygen atoms in total. The van der Waals surface area contributed by atoms with E-state index in [1.165, 1.54) is 0 Å². The summed E-state index contributed by atoms with van der Waals surface area (Å²) < 4.78 is 17.2. The Bertz CT molecular complexity index is 503. The van der Waals surface area contributed by atoms with Crippen molar-refractivity contribution in [2.24, 2.45) is 0 Å². The second-order valence-corrected chi connectivity index (χ2v) is 7.14. The zero-order valence-electron chi connectivity index (χ0n) is 14.6. The van der Waals surface area contributed by atoms with Crippen LogP contribution in [-0.4, -0.2) is 67.8 Å². The first kappa shape index (κ1) is 17.7. The van der Waals surface area contributed by atoms with Gasteiger partial charge in [0.05, 0.1) is 5.60 Å². The molecule has 2 heterocycles. The van der Waals surface area contributed by atoms with Crippen LogP contribution in [0.15, 0.2) is 30.3 Å². The molecule has 0 bridgehead atoms. The fraction of sp³-hybridized carbons (Fsp3) is 0.684. The van der Waals surface area contributed by atoms with Crippen LogP contribution in [-0.2, 0) is 9.47 Å². The van der Waals surface area contributed by atoms with Crippen molar-refractivity contribution in [2.75, 3.05) is 46.6 Å². The van der Waals surface area contributed by atoms with Crippen LogP contribution in [0.2, 0.25) is 0 Å². The topological polar surface area (TPSA) is 51.2 Å².